The van der Waals surface area contributed by atoms with Gasteiger partial charge in [0.2, 0.25) is 0 Å². The molecule has 2 aromatic rings. The number of thiazole rings is 1. The van der Waals surface area contributed by atoms with Crippen LogP contribution in [0.25, 0.3) is 11.3 Å². The molecular formula is C17H18N2O3S. The molecule has 2 heterocycles. The SMILES string of the molecule is Cc1nc(-c2cccc(C(=O)N3CCC[C@H](C(=O)O)C3)c2)cs1. The fraction of sp³-hybridized carbons (Fsp3) is 0.353. The van der Waals surface area contributed by atoms with Crippen molar-refractivity contribution < 1.29 is 14.7 Å². The summed E-state index contributed by atoms with van der Waals surface area (Å²) >= 11 is 1.57. The maximum Gasteiger partial charge on any atom is 0.308 e. The smallest absolute Gasteiger partial charge is 0.308 e. The van der Waals surface area contributed by atoms with Crippen LogP contribution in [0.5, 0.6) is 0 Å². The van der Waals surface area contributed by atoms with Gasteiger partial charge in [0.25, 0.3) is 5.91 Å². The summed E-state index contributed by atoms with van der Waals surface area (Å²) in [5.74, 6) is -1.39. The Balaban J connectivity index is 1.81. The van der Waals surface area contributed by atoms with Crippen molar-refractivity contribution in [1.29, 1.82) is 0 Å². The second-order valence-electron chi connectivity index (χ2n) is 5.76. The molecule has 0 unspecified atom stereocenters. The Morgan fingerprint density at radius 1 is 1.39 bits per heavy atom. The van der Waals surface area contributed by atoms with Crippen LogP contribution in [0, 0.1) is 12.8 Å². The van der Waals surface area contributed by atoms with Crippen molar-refractivity contribution in [3.05, 3.63) is 40.2 Å². The van der Waals surface area contributed by atoms with E-state index in [4.69, 9.17) is 5.11 Å². The van der Waals surface area contributed by atoms with E-state index in [2.05, 4.69) is 4.98 Å². The molecule has 0 saturated carbocycles. The summed E-state index contributed by atoms with van der Waals surface area (Å²) in [4.78, 5) is 29.9. The summed E-state index contributed by atoms with van der Waals surface area (Å²) in [6.45, 7) is 2.85. The number of carboxylic acids is 1. The number of carbonyl (C=O) groups is 2. The minimum absolute atomic E-state index is 0.107. The van der Waals surface area contributed by atoms with Crippen LogP contribution in [0.3, 0.4) is 0 Å². The number of benzene rings is 1. The monoisotopic (exact) mass is 330 g/mol. The molecule has 1 fully saturated rings. The normalized spacial score (nSPS) is 18.0. The molecule has 0 aliphatic carbocycles. The topological polar surface area (TPSA) is 70.5 Å². The number of hydrogen-bond donors (Lipinski definition) is 1. The van der Waals surface area contributed by atoms with Crippen LogP contribution in [0.1, 0.15) is 28.2 Å². The predicted octanol–water partition coefficient (Wildman–Crippen LogP) is 3.06. The second-order valence-corrected chi connectivity index (χ2v) is 6.82. The van der Waals surface area contributed by atoms with Crippen LogP contribution in [0.2, 0.25) is 0 Å². The number of likely N-dealkylation sites (tertiary alicyclic amines) is 1. The van der Waals surface area contributed by atoms with Crippen molar-refractivity contribution in [1.82, 2.24) is 9.88 Å². The lowest BCUT2D eigenvalue weighted by atomic mass is 9.97. The van der Waals surface area contributed by atoms with Gasteiger partial charge in [-0.2, -0.15) is 0 Å². The first kappa shape index (κ1) is 15.7. The lowest BCUT2D eigenvalue weighted by Gasteiger charge is -2.30. The molecule has 1 aliphatic rings. The van der Waals surface area contributed by atoms with Gasteiger partial charge in [-0.3, -0.25) is 9.59 Å². The van der Waals surface area contributed by atoms with Gasteiger partial charge in [0.1, 0.15) is 0 Å². The summed E-state index contributed by atoms with van der Waals surface area (Å²) in [7, 11) is 0. The summed E-state index contributed by atoms with van der Waals surface area (Å²) in [6.07, 6.45) is 1.37. The highest BCUT2D eigenvalue weighted by molar-refractivity contribution is 7.09. The number of aliphatic carboxylic acids is 1. The highest BCUT2D eigenvalue weighted by Crippen LogP contribution is 2.24. The molecule has 0 spiro atoms. The zero-order chi connectivity index (χ0) is 16.4. The van der Waals surface area contributed by atoms with Crippen molar-refractivity contribution in [3.63, 3.8) is 0 Å². The average Bonchev–Trinajstić information content (AvgIpc) is 3.01. The maximum atomic E-state index is 12.7. The molecular weight excluding hydrogens is 312 g/mol. The van der Waals surface area contributed by atoms with Gasteiger partial charge in [-0.25, -0.2) is 4.98 Å². The van der Waals surface area contributed by atoms with Crippen molar-refractivity contribution >= 4 is 23.2 Å². The minimum atomic E-state index is -0.825. The number of hydrogen-bond acceptors (Lipinski definition) is 4. The van der Waals surface area contributed by atoms with Gasteiger partial charge >= 0.3 is 5.97 Å². The quantitative estimate of drug-likeness (QED) is 0.939. The molecule has 1 aromatic heterocycles. The Morgan fingerprint density at radius 2 is 2.22 bits per heavy atom. The van der Waals surface area contributed by atoms with Gasteiger partial charge in [-0.05, 0) is 31.9 Å². The Bertz CT molecular complexity index is 741. The van der Waals surface area contributed by atoms with E-state index in [1.165, 1.54) is 0 Å². The summed E-state index contributed by atoms with van der Waals surface area (Å²) in [5, 5.41) is 12.1. The molecule has 0 radical (unpaired) electrons. The lowest BCUT2D eigenvalue weighted by Crippen LogP contribution is -2.42. The molecule has 1 N–H and O–H groups in total. The Kier molecular flexibility index (Phi) is 4.43. The van der Waals surface area contributed by atoms with Crippen LogP contribution in [-0.2, 0) is 4.79 Å². The summed E-state index contributed by atoms with van der Waals surface area (Å²) in [6, 6.07) is 7.38. The lowest BCUT2D eigenvalue weighted by molar-refractivity contribution is -0.143. The van der Waals surface area contributed by atoms with Gasteiger partial charge in [-0.15, -0.1) is 11.3 Å². The minimum Gasteiger partial charge on any atom is -0.481 e. The largest absolute Gasteiger partial charge is 0.481 e. The molecule has 1 saturated heterocycles. The van der Waals surface area contributed by atoms with E-state index in [0.717, 1.165) is 22.7 Å². The van der Waals surface area contributed by atoms with Gasteiger partial charge < -0.3 is 10.0 Å². The van der Waals surface area contributed by atoms with E-state index in [0.29, 0.717) is 18.5 Å². The van der Waals surface area contributed by atoms with Gasteiger partial charge in [0, 0.05) is 29.6 Å². The molecule has 1 aromatic carbocycles. The fourth-order valence-electron chi connectivity index (χ4n) is 2.85. The number of rotatable bonds is 3. The number of aromatic nitrogens is 1. The number of carbonyl (C=O) groups excluding carboxylic acids is 1. The van der Waals surface area contributed by atoms with E-state index >= 15 is 0 Å². The average molecular weight is 330 g/mol. The van der Waals surface area contributed by atoms with Crippen LogP contribution in [0.4, 0.5) is 0 Å². The van der Waals surface area contributed by atoms with Crippen LogP contribution in [0.15, 0.2) is 29.6 Å². The molecule has 3 rings (SSSR count). The molecule has 6 heteroatoms. The first-order valence-corrected chi connectivity index (χ1v) is 8.47. The van der Waals surface area contributed by atoms with Crippen molar-refractivity contribution in [2.45, 2.75) is 19.8 Å². The van der Waals surface area contributed by atoms with E-state index in [9.17, 15) is 9.59 Å². The molecule has 0 bridgehead atoms. The second kappa shape index (κ2) is 6.50. The van der Waals surface area contributed by atoms with E-state index in [1.807, 2.05) is 30.5 Å². The van der Waals surface area contributed by atoms with E-state index in [-0.39, 0.29) is 12.5 Å². The Hall–Kier alpha value is -2.21. The predicted molar refractivity (Wildman–Crippen MR) is 88.6 cm³/mol. The van der Waals surface area contributed by atoms with Gasteiger partial charge in [-0.1, -0.05) is 12.1 Å². The fourth-order valence-corrected chi connectivity index (χ4v) is 3.48. The molecule has 1 atom stereocenters. The number of carboxylic acid groups (broad SMARTS) is 1. The maximum absolute atomic E-state index is 12.7. The number of nitrogens with zero attached hydrogens (tertiary/aromatic N) is 2. The van der Waals surface area contributed by atoms with Gasteiger partial charge in [0.15, 0.2) is 0 Å². The zero-order valence-corrected chi connectivity index (χ0v) is 13.7. The number of aryl methyl sites for hydroxylation is 1. The zero-order valence-electron chi connectivity index (χ0n) is 12.9. The molecule has 1 aliphatic heterocycles. The summed E-state index contributed by atoms with van der Waals surface area (Å²) in [5.41, 5.74) is 2.36. The van der Waals surface area contributed by atoms with E-state index < -0.39 is 11.9 Å². The third-order valence-corrected chi connectivity index (χ3v) is 4.86. The first-order chi connectivity index (χ1) is 11.0. The van der Waals surface area contributed by atoms with Gasteiger partial charge in [0.05, 0.1) is 16.6 Å². The highest BCUT2D eigenvalue weighted by atomic mass is 32.1. The number of amides is 1. The van der Waals surface area contributed by atoms with Crippen LogP contribution in [-0.4, -0.2) is 40.0 Å². The highest BCUT2D eigenvalue weighted by Gasteiger charge is 2.28. The molecule has 5 nitrogen and oxygen atoms in total. The third kappa shape index (κ3) is 3.42. The molecule has 23 heavy (non-hydrogen) atoms. The summed E-state index contributed by atoms with van der Waals surface area (Å²) < 4.78 is 0. The standard InChI is InChI=1S/C17H18N2O3S/c1-11-18-15(10-23-11)12-4-2-5-13(8-12)16(20)19-7-3-6-14(9-19)17(21)22/h2,4-5,8,10,14H,3,6-7,9H2,1H3,(H,21,22)/t14-/m0/s1. The number of piperidine rings is 1. The third-order valence-electron chi connectivity index (χ3n) is 4.08. The van der Waals surface area contributed by atoms with E-state index in [1.54, 1.807) is 22.3 Å². The Morgan fingerprint density at radius 3 is 2.91 bits per heavy atom. The van der Waals surface area contributed by atoms with Crippen molar-refractivity contribution in [3.8, 4) is 11.3 Å². The first-order valence-electron chi connectivity index (χ1n) is 7.59. The molecule has 120 valence electrons. The molecule has 1 amide bonds. The van der Waals surface area contributed by atoms with Crippen molar-refractivity contribution in [2.75, 3.05) is 13.1 Å². The van der Waals surface area contributed by atoms with Crippen LogP contribution < -0.4 is 0 Å². The Labute approximate surface area is 138 Å². The van der Waals surface area contributed by atoms with Crippen LogP contribution >= 0.6 is 11.3 Å². The van der Waals surface area contributed by atoms with Crippen molar-refractivity contribution in [2.24, 2.45) is 5.92 Å².